The molecule has 0 radical (unpaired) electrons. The van der Waals surface area contributed by atoms with Crippen molar-refractivity contribution in [1.29, 1.82) is 0 Å². The molecule has 13 aromatic carbocycles. The standard InChI is InChI=1S/C90H78BN3/c1-87(2,65-35-19-11-20-36-65)69-47-53-73(54-48-69)92-82-57-51-71(89(5,6)67-39-23-13-24-40-67)59-78(82)91-79-60-72(90(7,8)68-41-25-14-26-42-68)52-58-83(79)93(74-55-49-70(50-56-74)88(3,4)66-37-21-12-22-38-66)85-62-75(61-84(92)86(85)91)94(80-45-29-27-43-76(80)63-31-15-9-16-32-63)81-46-30-28-44-77(81)64-33-17-10-18-34-64/h9-62H,1-8H3. The van der Waals surface area contributed by atoms with Crippen molar-refractivity contribution in [3.05, 3.63) is 372 Å². The maximum atomic E-state index is 2.60. The second-order valence-electron chi connectivity index (χ2n) is 27.7. The summed E-state index contributed by atoms with van der Waals surface area (Å²) in [4.78, 5) is 7.75. The van der Waals surface area contributed by atoms with Crippen molar-refractivity contribution in [3.63, 3.8) is 0 Å². The Morgan fingerprint density at radius 1 is 0.255 bits per heavy atom. The van der Waals surface area contributed by atoms with E-state index < -0.39 is 0 Å². The van der Waals surface area contributed by atoms with Crippen molar-refractivity contribution in [3.8, 4) is 22.3 Å². The highest BCUT2D eigenvalue weighted by molar-refractivity contribution is 7.00. The third-order valence-corrected chi connectivity index (χ3v) is 20.9. The van der Waals surface area contributed by atoms with E-state index in [-0.39, 0.29) is 28.4 Å². The SMILES string of the molecule is CC(C)(c1ccccc1)c1ccc(N2c3ccc(C(C)(C)c4ccccc4)cc3B3c4cc(C(C)(C)c5ccccc5)ccc4N(c4ccc(C(C)(C)c5ccccc5)cc4)c4cc(N(c5ccccc5-c5ccccc5)c5ccccc5-c5ccccc5)cc2c43)cc1. The van der Waals surface area contributed by atoms with Crippen LogP contribution in [0.2, 0.25) is 0 Å². The Labute approximate surface area is 557 Å². The Hall–Kier alpha value is -10.7. The first-order chi connectivity index (χ1) is 45.7. The highest BCUT2D eigenvalue weighted by Crippen LogP contribution is 2.52. The summed E-state index contributed by atoms with van der Waals surface area (Å²) in [5.74, 6) is 0. The zero-order valence-electron chi connectivity index (χ0n) is 55.1. The monoisotopic (exact) mass is 1210 g/mol. The van der Waals surface area contributed by atoms with Crippen molar-refractivity contribution in [2.75, 3.05) is 14.7 Å². The number of rotatable bonds is 15. The van der Waals surface area contributed by atoms with E-state index in [0.29, 0.717) is 0 Å². The minimum atomic E-state index is -0.326. The van der Waals surface area contributed by atoms with Gasteiger partial charge in [0.15, 0.2) is 0 Å². The molecule has 0 unspecified atom stereocenters. The predicted molar refractivity (Wildman–Crippen MR) is 400 cm³/mol. The summed E-state index contributed by atoms with van der Waals surface area (Å²) >= 11 is 0. The smallest absolute Gasteiger partial charge is 0.252 e. The zero-order chi connectivity index (χ0) is 64.3. The Balaban J connectivity index is 1.06. The third kappa shape index (κ3) is 10.3. The Morgan fingerprint density at radius 2 is 0.532 bits per heavy atom. The summed E-state index contributed by atoms with van der Waals surface area (Å²) in [6.07, 6.45) is 0. The summed E-state index contributed by atoms with van der Waals surface area (Å²) in [7, 11) is 0. The van der Waals surface area contributed by atoms with E-state index in [1.807, 2.05) is 0 Å². The lowest BCUT2D eigenvalue weighted by Crippen LogP contribution is -2.61. The van der Waals surface area contributed by atoms with Gasteiger partial charge in [-0.3, -0.25) is 0 Å². The van der Waals surface area contributed by atoms with Crippen molar-refractivity contribution in [1.82, 2.24) is 0 Å². The van der Waals surface area contributed by atoms with Crippen molar-refractivity contribution < 1.29 is 0 Å². The minimum Gasteiger partial charge on any atom is -0.311 e. The fourth-order valence-corrected chi connectivity index (χ4v) is 15.1. The van der Waals surface area contributed by atoms with Gasteiger partial charge in [0.2, 0.25) is 0 Å². The molecular weight excluding hydrogens is 1130 g/mol. The van der Waals surface area contributed by atoms with E-state index in [9.17, 15) is 0 Å². The normalized spacial score (nSPS) is 12.8. The molecule has 0 amide bonds. The van der Waals surface area contributed by atoms with Crippen LogP contribution in [0.3, 0.4) is 0 Å². The maximum Gasteiger partial charge on any atom is 0.252 e. The van der Waals surface area contributed by atoms with Gasteiger partial charge in [-0.2, -0.15) is 0 Å². The highest BCUT2D eigenvalue weighted by Gasteiger charge is 2.46. The fourth-order valence-electron chi connectivity index (χ4n) is 15.1. The van der Waals surface area contributed by atoms with Gasteiger partial charge in [-0.25, -0.2) is 0 Å². The Morgan fingerprint density at radius 3 is 0.872 bits per heavy atom. The molecule has 0 aliphatic carbocycles. The van der Waals surface area contributed by atoms with Gasteiger partial charge >= 0.3 is 0 Å². The van der Waals surface area contributed by atoms with Crippen LogP contribution in [0.4, 0.5) is 51.2 Å². The molecule has 0 fully saturated rings. The number of para-hydroxylation sites is 2. The molecule has 0 N–H and O–H groups in total. The van der Waals surface area contributed by atoms with E-state index in [1.54, 1.807) is 0 Å². The molecule has 0 bridgehead atoms. The number of hydrogen-bond acceptors (Lipinski definition) is 3. The molecule has 456 valence electrons. The first kappa shape index (κ1) is 59.6. The third-order valence-electron chi connectivity index (χ3n) is 20.9. The summed E-state index contributed by atoms with van der Waals surface area (Å²) in [5.41, 5.74) is 27.3. The quantitative estimate of drug-likeness (QED) is 0.0947. The molecule has 2 aliphatic heterocycles. The van der Waals surface area contributed by atoms with Gasteiger partial charge in [0.1, 0.15) is 0 Å². The highest BCUT2D eigenvalue weighted by atomic mass is 15.2. The number of benzene rings is 13. The van der Waals surface area contributed by atoms with Crippen molar-refractivity contribution in [2.24, 2.45) is 0 Å². The molecular formula is C90H78BN3. The average Bonchev–Trinajstić information content (AvgIpc) is 0.692. The average molecular weight is 1210 g/mol. The molecule has 15 rings (SSSR count). The fraction of sp³-hybridized carbons (Fsp3) is 0.133. The molecule has 0 aromatic heterocycles. The van der Waals surface area contributed by atoms with Crippen LogP contribution in [0.5, 0.6) is 0 Å². The molecule has 0 spiro atoms. The molecule has 0 atom stereocenters. The number of fused-ring (bicyclic) bond motifs is 4. The van der Waals surface area contributed by atoms with Gasteiger partial charge in [-0.1, -0.05) is 322 Å². The van der Waals surface area contributed by atoms with E-state index in [4.69, 9.17) is 0 Å². The molecule has 0 saturated heterocycles. The van der Waals surface area contributed by atoms with E-state index in [0.717, 1.165) is 73.4 Å². The van der Waals surface area contributed by atoms with Crippen LogP contribution in [0.1, 0.15) is 99.9 Å². The van der Waals surface area contributed by atoms with Gasteiger partial charge in [-0.05, 0) is 133 Å². The van der Waals surface area contributed by atoms with Crippen LogP contribution in [-0.2, 0) is 21.7 Å². The van der Waals surface area contributed by atoms with Crippen LogP contribution in [-0.4, -0.2) is 6.71 Å². The minimum absolute atomic E-state index is 0.191. The molecule has 0 saturated carbocycles. The summed E-state index contributed by atoms with van der Waals surface area (Å²) in [6, 6.07) is 123. The largest absolute Gasteiger partial charge is 0.311 e. The first-order valence-electron chi connectivity index (χ1n) is 33.3. The summed E-state index contributed by atoms with van der Waals surface area (Å²) in [5, 5.41) is 0. The van der Waals surface area contributed by atoms with Crippen LogP contribution in [0.15, 0.2) is 328 Å². The van der Waals surface area contributed by atoms with E-state index >= 15 is 0 Å². The van der Waals surface area contributed by atoms with Gasteiger partial charge < -0.3 is 14.7 Å². The molecule has 3 nitrogen and oxygen atoms in total. The number of nitrogens with zero attached hydrogens (tertiary/aromatic N) is 3. The van der Waals surface area contributed by atoms with Gasteiger partial charge in [0, 0.05) is 66.9 Å². The maximum absolute atomic E-state index is 2.60. The molecule has 94 heavy (non-hydrogen) atoms. The van der Waals surface area contributed by atoms with Gasteiger partial charge in [0.25, 0.3) is 6.71 Å². The number of anilines is 9. The van der Waals surface area contributed by atoms with Gasteiger partial charge in [0.05, 0.1) is 17.1 Å². The van der Waals surface area contributed by atoms with Crippen LogP contribution in [0.25, 0.3) is 22.3 Å². The van der Waals surface area contributed by atoms with E-state index in [2.05, 4.69) is 398 Å². The molecule has 2 heterocycles. The van der Waals surface area contributed by atoms with E-state index in [1.165, 1.54) is 60.9 Å². The Bertz CT molecular complexity index is 4560. The lowest BCUT2D eigenvalue weighted by atomic mass is 9.33. The second-order valence-corrected chi connectivity index (χ2v) is 27.7. The van der Waals surface area contributed by atoms with Crippen LogP contribution in [0, 0.1) is 0 Å². The van der Waals surface area contributed by atoms with Gasteiger partial charge in [-0.15, -0.1) is 0 Å². The molecule has 4 heteroatoms. The summed E-state index contributed by atoms with van der Waals surface area (Å²) < 4.78 is 0. The first-order valence-corrected chi connectivity index (χ1v) is 33.3. The lowest BCUT2D eigenvalue weighted by molar-refractivity contribution is 0.641. The summed E-state index contributed by atoms with van der Waals surface area (Å²) in [6.45, 7) is 18.7. The van der Waals surface area contributed by atoms with Crippen LogP contribution >= 0.6 is 0 Å². The predicted octanol–water partition coefficient (Wildman–Crippen LogP) is 21.9. The molecule has 13 aromatic rings. The van der Waals surface area contributed by atoms with Crippen molar-refractivity contribution >= 4 is 74.3 Å². The van der Waals surface area contributed by atoms with Crippen molar-refractivity contribution in [2.45, 2.75) is 77.0 Å². The molecule has 2 aliphatic rings. The zero-order valence-corrected chi connectivity index (χ0v) is 55.1. The van der Waals surface area contributed by atoms with Crippen LogP contribution < -0.4 is 31.1 Å². The Kier molecular flexibility index (Phi) is 15.1. The second kappa shape index (κ2) is 23.8. The topological polar surface area (TPSA) is 9.72 Å². The lowest BCUT2D eigenvalue weighted by Gasteiger charge is -2.46. The number of hydrogen-bond donors (Lipinski definition) is 0.